The van der Waals surface area contributed by atoms with Gasteiger partial charge in [0.1, 0.15) is 12.4 Å². The van der Waals surface area contributed by atoms with E-state index in [1.165, 1.54) is 29.2 Å². The molecular weight excluding hydrogens is 462 g/mol. The number of benzene rings is 3. The van der Waals surface area contributed by atoms with E-state index in [0.717, 1.165) is 15.9 Å². The van der Waals surface area contributed by atoms with E-state index in [9.17, 15) is 17.6 Å². The Morgan fingerprint density at radius 1 is 0.968 bits per heavy atom. The minimum Gasteiger partial charge on any atom is -0.340 e. The van der Waals surface area contributed by atoms with Crippen LogP contribution in [-0.2, 0) is 21.4 Å². The lowest BCUT2D eigenvalue weighted by molar-refractivity contribution is -0.128. The van der Waals surface area contributed by atoms with Crippen LogP contribution in [0.2, 0.25) is 10.0 Å². The molecule has 0 aliphatic heterocycles. The normalized spacial score (nSPS) is 11.2. The van der Waals surface area contributed by atoms with Crippen LogP contribution >= 0.6 is 23.2 Å². The molecule has 3 rings (SSSR count). The molecule has 9 heteroatoms. The van der Waals surface area contributed by atoms with Crippen molar-refractivity contribution in [2.75, 3.05) is 17.9 Å². The second kappa shape index (κ2) is 9.68. The molecule has 0 spiro atoms. The Hall–Kier alpha value is -2.61. The first kappa shape index (κ1) is 23.1. The minimum absolute atomic E-state index is 0.00333. The van der Waals surface area contributed by atoms with Crippen molar-refractivity contribution in [3.8, 4) is 0 Å². The second-order valence-corrected chi connectivity index (χ2v) is 9.51. The topological polar surface area (TPSA) is 57.7 Å². The van der Waals surface area contributed by atoms with Crippen LogP contribution in [0.1, 0.15) is 5.56 Å². The lowest BCUT2D eigenvalue weighted by Crippen LogP contribution is -2.41. The minimum atomic E-state index is -4.10. The lowest BCUT2D eigenvalue weighted by Gasteiger charge is -2.27. The van der Waals surface area contributed by atoms with Crippen molar-refractivity contribution < 1.29 is 17.6 Å². The molecule has 0 fully saturated rings. The van der Waals surface area contributed by atoms with Gasteiger partial charge in [0.15, 0.2) is 0 Å². The summed E-state index contributed by atoms with van der Waals surface area (Å²) in [5, 5.41) is 0.332. The van der Waals surface area contributed by atoms with Gasteiger partial charge in [0.05, 0.1) is 15.6 Å². The molecule has 3 aromatic carbocycles. The van der Waals surface area contributed by atoms with Crippen molar-refractivity contribution in [3.05, 3.63) is 94.2 Å². The number of carbonyl (C=O) groups is 1. The number of likely N-dealkylation sites (N-methyl/N-ethyl adjacent to an activating group) is 1. The van der Waals surface area contributed by atoms with Gasteiger partial charge in [0.2, 0.25) is 5.91 Å². The van der Waals surface area contributed by atoms with Gasteiger partial charge < -0.3 is 4.90 Å². The molecule has 0 saturated carbocycles. The van der Waals surface area contributed by atoms with E-state index in [1.54, 1.807) is 49.5 Å². The van der Waals surface area contributed by atoms with Gasteiger partial charge in [-0.3, -0.25) is 9.10 Å². The number of anilines is 1. The summed E-state index contributed by atoms with van der Waals surface area (Å²) < 4.78 is 41.2. The summed E-state index contributed by atoms with van der Waals surface area (Å²) in [5.41, 5.74) is 0.922. The summed E-state index contributed by atoms with van der Waals surface area (Å²) in [6.07, 6.45) is 0. The molecule has 1 amide bonds. The third kappa shape index (κ3) is 5.55. The molecule has 0 bridgehead atoms. The second-order valence-electron chi connectivity index (χ2n) is 6.80. The number of sulfonamides is 1. The number of halogens is 3. The summed E-state index contributed by atoms with van der Waals surface area (Å²) >= 11 is 11.8. The Morgan fingerprint density at radius 2 is 1.61 bits per heavy atom. The molecule has 0 unspecified atom stereocenters. The molecule has 5 nitrogen and oxygen atoms in total. The molecule has 0 heterocycles. The fourth-order valence-corrected chi connectivity index (χ4v) is 4.60. The first-order chi connectivity index (χ1) is 14.7. The van der Waals surface area contributed by atoms with Crippen molar-refractivity contribution in [1.29, 1.82) is 0 Å². The monoisotopic (exact) mass is 480 g/mol. The van der Waals surface area contributed by atoms with E-state index in [2.05, 4.69) is 0 Å². The molecule has 3 aromatic rings. The van der Waals surface area contributed by atoms with E-state index in [4.69, 9.17) is 23.2 Å². The number of hydrogen-bond donors (Lipinski definition) is 0. The summed E-state index contributed by atoms with van der Waals surface area (Å²) in [6.45, 7) is -0.220. The first-order valence-corrected chi connectivity index (χ1v) is 11.4. The van der Waals surface area contributed by atoms with Gasteiger partial charge in [-0.05, 0) is 48.0 Å². The number of amides is 1. The zero-order valence-electron chi connectivity index (χ0n) is 16.5. The molecule has 0 N–H and O–H groups in total. The van der Waals surface area contributed by atoms with E-state index >= 15 is 0 Å². The van der Waals surface area contributed by atoms with Gasteiger partial charge in [-0.25, -0.2) is 12.8 Å². The van der Waals surface area contributed by atoms with Crippen LogP contribution < -0.4 is 4.31 Å². The van der Waals surface area contributed by atoms with E-state index in [0.29, 0.717) is 5.02 Å². The molecule has 0 aromatic heterocycles. The summed E-state index contributed by atoms with van der Waals surface area (Å²) in [7, 11) is -2.53. The Bertz CT molecular complexity index is 1170. The molecule has 0 radical (unpaired) electrons. The van der Waals surface area contributed by atoms with E-state index < -0.39 is 28.3 Å². The Balaban J connectivity index is 1.91. The highest BCUT2D eigenvalue weighted by molar-refractivity contribution is 7.92. The van der Waals surface area contributed by atoms with Gasteiger partial charge in [-0.1, -0.05) is 53.5 Å². The molecule has 0 aliphatic rings. The highest BCUT2D eigenvalue weighted by Gasteiger charge is 2.28. The zero-order valence-corrected chi connectivity index (χ0v) is 18.8. The maximum Gasteiger partial charge on any atom is 0.264 e. The summed E-state index contributed by atoms with van der Waals surface area (Å²) in [6, 6.07) is 18.2. The van der Waals surface area contributed by atoms with Gasteiger partial charge >= 0.3 is 0 Å². The van der Waals surface area contributed by atoms with Crippen LogP contribution in [0, 0.1) is 5.82 Å². The average Bonchev–Trinajstić information content (AvgIpc) is 2.76. The van der Waals surface area contributed by atoms with Gasteiger partial charge in [0, 0.05) is 18.6 Å². The third-order valence-corrected chi connectivity index (χ3v) is 6.89. The number of nitrogens with zero attached hydrogens (tertiary/aromatic N) is 2. The predicted octanol–water partition coefficient (Wildman–Crippen LogP) is 4.99. The van der Waals surface area contributed by atoms with Crippen molar-refractivity contribution in [2.45, 2.75) is 11.4 Å². The van der Waals surface area contributed by atoms with Gasteiger partial charge in [0.25, 0.3) is 10.0 Å². The van der Waals surface area contributed by atoms with Gasteiger partial charge in [-0.2, -0.15) is 0 Å². The summed E-state index contributed by atoms with van der Waals surface area (Å²) in [5.74, 6) is -1.14. The average molecular weight is 481 g/mol. The van der Waals surface area contributed by atoms with Crippen LogP contribution in [0.25, 0.3) is 0 Å². The zero-order chi connectivity index (χ0) is 22.6. The fraction of sp³-hybridized carbons (Fsp3) is 0.136. The van der Waals surface area contributed by atoms with Crippen LogP contribution in [0.4, 0.5) is 10.1 Å². The lowest BCUT2D eigenvalue weighted by atomic mass is 10.2. The number of carbonyl (C=O) groups excluding carboxylic acids is 1. The highest BCUT2D eigenvalue weighted by Crippen LogP contribution is 2.28. The van der Waals surface area contributed by atoms with Crippen LogP contribution in [0.5, 0.6) is 0 Å². The fourth-order valence-electron chi connectivity index (χ4n) is 2.87. The standard InChI is InChI=1S/C22H19Cl2FN2O3S/c1-26(14-16-7-9-17(23)10-8-16)22(28)15-27(18-11-12-21(25)20(24)13-18)31(29,30)19-5-3-2-4-6-19/h2-13H,14-15H2,1H3. The molecule has 162 valence electrons. The van der Waals surface area contributed by atoms with Gasteiger partial charge in [-0.15, -0.1) is 0 Å². The maximum atomic E-state index is 13.7. The van der Waals surface area contributed by atoms with Crippen molar-refractivity contribution >= 4 is 44.8 Å². The molecule has 31 heavy (non-hydrogen) atoms. The first-order valence-electron chi connectivity index (χ1n) is 9.20. The van der Waals surface area contributed by atoms with Crippen molar-refractivity contribution in [2.24, 2.45) is 0 Å². The molecular formula is C22H19Cl2FN2O3S. The largest absolute Gasteiger partial charge is 0.340 e. The van der Waals surface area contributed by atoms with Crippen LogP contribution in [-0.4, -0.2) is 32.8 Å². The summed E-state index contributed by atoms with van der Waals surface area (Å²) in [4.78, 5) is 14.3. The van der Waals surface area contributed by atoms with E-state index in [-0.39, 0.29) is 22.2 Å². The SMILES string of the molecule is CN(Cc1ccc(Cl)cc1)C(=O)CN(c1ccc(F)c(Cl)c1)S(=O)(=O)c1ccccc1. The smallest absolute Gasteiger partial charge is 0.264 e. The highest BCUT2D eigenvalue weighted by atomic mass is 35.5. The maximum absolute atomic E-state index is 13.7. The Kier molecular flexibility index (Phi) is 7.20. The Morgan fingerprint density at radius 3 is 2.23 bits per heavy atom. The van der Waals surface area contributed by atoms with Crippen LogP contribution in [0.3, 0.4) is 0 Å². The number of hydrogen-bond acceptors (Lipinski definition) is 3. The van der Waals surface area contributed by atoms with Crippen LogP contribution in [0.15, 0.2) is 77.7 Å². The third-order valence-electron chi connectivity index (χ3n) is 4.56. The molecule has 0 atom stereocenters. The van der Waals surface area contributed by atoms with E-state index in [1.807, 2.05) is 0 Å². The van der Waals surface area contributed by atoms with Crippen molar-refractivity contribution in [3.63, 3.8) is 0 Å². The predicted molar refractivity (Wildman–Crippen MR) is 120 cm³/mol. The quantitative estimate of drug-likeness (QED) is 0.478. The van der Waals surface area contributed by atoms with Crippen molar-refractivity contribution in [1.82, 2.24) is 4.90 Å². The molecule has 0 aliphatic carbocycles. The molecule has 0 saturated heterocycles. The number of rotatable bonds is 7. The Labute approximate surface area is 190 Å².